The highest BCUT2D eigenvalue weighted by Gasteiger charge is 2.24. The van der Waals surface area contributed by atoms with Crippen LogP contribution in [-0.2, 0) is 5.41 Å². The summed E-state index contributed by atoms with van der Waals surface area (Å²) < 4.78 is 0. The van der Waals surface area contributed by atoms with E-state index >= 15 is 0 Å². The van der Waals surface area contributed by atoms with Crippen LogP contribution in [0.2, 0.25) is 0 Å². The van der Waals surface area contributed by atoms with Crippen molar-refractivity contribution in [2.45, 2.75) is 39.0 Å². The molecule has 0 spiro atoms. The van der Waals surface area contributed by atoms with Crippen molar-refractivity contribution in [2.24, 2.45) is 5.92 Å². The van der Waals surface area contributed by atoms with Crippen LogP contribution in [0, 0.1) is 5.92 Å². The van der Waals surface area contributed by atoms with Crippen molar-refractivity contribution in [1.29, 1.82) is 0 Å². The van der Waals surface area contributed by atoms with Gasteiger partial charge in [0.2, 0.25) is 0 Å². The Morgan fingerprint density at radius 3 is 2.38 bits per heavy atom. The number of carbonyl (C=O) groups excluding carboxylic acids is 2. The third kappa shape index (κ3) is 5.79. The number of likely N-dealkylation sites (tertiary alicyclic amines) is 1. The second-order valence-electron chi connectivity index (χ2n) is 8.64. The molecule has 29 heavy (non-hydrogen) atoms. The van der Waals surface area contributed by atoms with Crippen LogP contribution in [0.25, 0.3) is 0 Å². The van der Waals surface area contributed by atoms with Gasteiger partial charge in [0, 0.05) is 37.7 Å². The number of hydrogen-bond acceptors (Lipinski definition) is 3. The molecule has 6 heteroatoms. The van der Waals surface area contributed by atoms with Crippen LogP contribution in [0.3, 0.4) is 0 Å². The van der Waals surface area contributed by atoms with Crippen LogP contribution in [-0.4, -0.2) is 41.5 Å². The molecule has 154 valence electrons. The van der Waals surface area contributed by atoms with E-state index in [-0.39, 0.29) is 17.4 Å². The summed E-state index contributed by atoms with van der Waals surface area (Å²) in [5.41, 5.74) is 2.73. The first kappa shape index (κ1) is 20.8. The largest absolute Gasteiger partial charge is 0.339 e. The number of anilines is 1. The summed E-state index contributed by atoms with van der Waals surface area (Å²) in [6, 6.07) is 11.3. The van der Waals surface area contributed by atoms with Crippen molar-refractivity contribution in [3.63, 3.8) is 0 Å². The van der Waals surface area contributed by atoms with Crippen LogP contribution >= 0.6 is 0 Å². The fourth-order valence-electron chi connectivity index (χ4n) is 3.48. The molecular formula is C23H30N4O2. The van der Waals surface area contributed by atoms with Crippen LogP contribution in [0.1, 0.15) is 49.5 Å². The SMILES string of the molecule is CC(C)(C)c1ccc(NC(=O)NCC2CCN(C(=O)c3cccnc3)CC2)cc1. The molecule has 1 aliphatic rings. The van der Waals surface area contributed by atoms with Crippen molar-refractivity contribution in [3.8, 4) is 0 Å². The summed E-state index contributed by atoms with van der Waals surface area (Å²) in [6.07, 6.45) is 5.03. The Morgan fingerprint density at radius 1 is 1.10 bits per heavy atom. The molecule has 0 radical (unpaired) electrons. The second kappa shape index (κ2) is 9.07. The molecule has 1 aliphatic heterocycles. The number of hydrogen-bond donors (Lipinski definition) is 2. The molecular weight excluding hydrogens is 364 g/mol. The first-order valence-electron chi connectivity index (χ1n) is 10.2. The van der Waals surface area contributed by atoms with Gasteiger partial charge in [-0.25, -0.2) is 4.79 Å². The Balaban J connectivity index is 1.41. The van der Waals surface area contributed by atoms with E-state index in [1.807, 2.05) is 29.2 Å². The lowest BCUT2D eigenvalue weighted by molar-refractivity contribution is 0.0690. The van der Waals surface area contributed by atoms with Gasteiger partial charge in [-0.1, -0.05) is 32.9 Å². The number of nitrogens with zero attached hydrogens (tertiary/aromatic N) is 2. The molecule has 1 aromatic heterocycles. The number of carbonyl (C=O) groups is 2. The molecule has 0 unspecified atom stereocenters. The maximum absolute atomic E-state index is 12.5. The Morgan fingerprint density at radius 2 is 1.79 bits per heavy atom. The van der Waals surface area contributed by atoms with Crippen molar-refractivity contribution in [1.82, 2.24) is 15.2 Å². The van der Waals surface area contributed by atoms with E-state index in [1.54, 1.807) is 24.5 Å². The topological polar surface area (TPSA) is 74.3 Å². The summed E-state index contributed by atoms with van der Waals surface area (Å²) in [4.78, 5) is 30.5. The van der Waals surface area contributed by atoms with Crippen LogP contribution < -0.4 is 10.6 Å². The number of amides is 3. The molecule has 1 saturated heterocycles. The average Bonchev–Trinajstić information content (AvgIpc) is 2.72. The van der Waals surface area contributed by atoms with Gasteiger partial charge < -0.3 is 15.5 Å². The number of aromatic nitrogens is 1. The Hall–Kier alpha value is -2.89. The highest BCUT2D eigenvalue weighted by atomic mass is 16.2. The highest BCUT2D eigenvalue weighted by Crippen LogP contribution is 2.23. The van der Waals surface area contributed by atoms with Gasteiger partial charge in [-0.15, -0.1) is 0 Å². The standard InChI is InChI=1S/C23H30N4O2/c1-23(2,3)19-6-8-20(9-7-19)26-22(29)25-15-17-10-13-27(14-11-17)21(28)18-5-4-12-24-16-18/h4-9,12,16-17H,10-11,13-15H2,1-3H3,(H2,25,26,29). The lowest BCUT2D eigenvalue weighted by atomic mass is 9.87. The van der Waals surface area contributed by atoms with Crippen molar-refractivity contribution >= 4 is 17.6 Å². The Kier molecular flexibility index (Phi) is 6.52. The van der Waals surface area contributed by atoms with E-state index in [4.69, 9.17) is 0 Å². The van der Waals surface area contributed by atoms with Crippen LogP contribution in [0.15, 0.2) is 48.8 Å². The Labute approximate surface area is 172 Å². The highest BCUT2D eigenvalue weighted by molar-refractivity contribution is 5.94. The van der Waals surface area contributed by atoms with E-state index < -0.39 is 0 Å². The minimum Gasteiger partial charge on any atom is -0.339 e. The molecule has 3 amide bonds. The molecule has 0 bridgehead atoms. The van der Waals surface area contributed by atoms with Crippen molar-refractivity contribution in [2.75, 3.05) is 25.0 Å². The first-order valence-corrected chi connectivity index (χ1v) is 10.2. The fourth-order valence-corrected chi connectivity index (χ4v) is 3.48. The minimum absolute atomic E-state index is 0.0287. The van der Waals surface area contributed by atoms with Gasteiger partial charge >= 0.3 is 6.03 Å². The van der Waals surface area contributed by atoms with Crippen molar-refractivity contribution in [3.05, 3.63) is 59.9 Å². The lowest BCUT2D eigenvalue weighted by Crippen LogP contribution is -2.42. The van der Waals surface area contributed by atoms with Gasteiger partial charge in [0.15, 0.2) is 0 Å². The molecule has 0 atom stereocenters. The smallest absolute Gasteiger partial charge is 0.319 e. The van der Waals surface area contributed by atoms with Gasteiger partial charge in [0.05, 0.1) is 5.56 Å². The lowest BCUT2D eigenvalue weighted by Gasteiger charge is -2.32. The summed E-state index contributed by atoms with van der Waals surface area (Å²) >= 11 is 0. The molecule has 1 aromatic carbocycles. The predicted octanol–water partition coefficient (Wildman–Crippen LogP) is 4.05. The molecule has 6 nitrogen and oxygen atoms in total. The third-order valence-corrected chi connectivity index (χ3v) is 5.37. The number of urea groups is 1. The summed E-state index contributed by atoms with van der Waals surface area (Å²) in [5.74, 6) is 0.405. The van der Waals surface area contributed by atoms with E-state index in [0.29, 0.717) is 31.1 Å². The van der Waals surface area contributed by atoms with E-state index in [9.17, 15) is 9.59 Å². The zero-order valence-corrected chi connectivity index (χ0v) is 17.4. The zero-order chi connectivity index (χ0) is 20.9. The van der Waals surface area contributed by atoms with Gasteiger partial charge in [0.1, 0.15) is 0 Å². The third-order valence-electron chi connectivity index (χ3n) is 5.37. The number of nitrogens with one attached hydrogen (secondary N) is 2. The molecule has 0 aliphatic carbocycles. The molecule has 2 N–H and O–H groups in total. The maximum atomic E-state index is 12.5. The number of benzene rings is 1. The van der Waals surface area contributed by atoms with Gasteiger partial charge in [0.25, 0.3) is 5.91 Å². The van der Waals surface area contributed by atoms with Gasteiger partial charge in [-0.2, -0.15) is 0 Å². The predicted molar refractivity (Wildman–Crippen MR) is 115 cm³/mol. The summed E-state index contributed by atoms with van der Waals surface area (Å²) in [7, 11) is 0. The minimum atomic E-state index is -0.192. The summed E-state index contributed by atoms with van der Waals surface area (Å²) in [6.45, 7) is 8.51. The van der Waals surface area contributed by atoms with E-state index in [2.05, 4.69) is 36.4 Å². The maximum Gasteiger partial charge on any atom is 0.319 e. The number of pyridine rings is 1. The fraction of sp³-hybridized carbons (Fsp3) is 0.435. The van der Waals surface area contributed by atoms with E-state index in [1.165, 1.54) is 5.56 Å². The Bertz CT molecular complexity index is 820. The number of piperidine rings is 1. The quantitative estimate of drug-likeness (QED) is 0.821. The van der Waals surface area contributed by atoms with Crippen LogP contribution in [0.4, 0.5) is 10.5 Å². The first-order chi connectivity index (χ1) is 13.8. The molecule has 0 saturated carbocycles. The van der Waals surface area contributed by atoms with Gasteiger partial charge in [-0.05, 0) is 54.0 Å². The number of rotatable bonds is 4. The van der Waals surface area contributed by atoms with Gasteiger partial charge in [-0.3, -0.25) is 9.78 Å². The molecule has 2 heterocycles. The average molecular weight is 395 g/mol. The molecule has 3 rings (SSSR count). The second-order valence-corrected chi connectivity index (χ2v) is 8.64. The normalized spacial score (nSPS) is 15.1. The monoisotopic (exact) mass is 394 g/mol. The molecule has 2 aromatic rings. The summed E-state index contributed by atoms with van der Waals surface area (Å²) in [5, 5.41) is 5.85. The molecule has 1 fully saturated rings. The van der Waals surface area contributed by atoms with Crippen LogP contribution in [0.5, 0.6) is 0 Å². The van der Waals surface area contributed by atoms with Crippen molar-refractivity contribution < 1.29 is 9.59 Å². The zero-order valence-electron chi connectivity index (χ0n) is 17.4. The van der Waals surface area contributed by atoms with E-state index in [0.717, 1.165) is 18.5 Å².